The summed E-state index contributed by atoms with van der Waals surface area (Å²) in [5, 5.41) is 56.2. The number of hydrogen-bond donors (Lipinski definition) is 6. The van der Waals surface area contributed by atoms with E-state index in [-0.39, 0.29) is 41.7 Å². The number of carbonyl (C=O) groups is 5. The number of phenolic OH excluding ortho intramolecular Hbond substituents is 1. The summed E-state index contributed by atoms with van der Waals surface area (Å²) in [4.78, 5) is 65.5. The van der Waals surface area contributed by atoms with Gasteiger partial charge in [0.05, 0.1) is 29.4 Å². The average Bonchev–Trinajstić information content (AvgIpc) is 3.08. The quantitative estimate of drug-likeness (QED) is 0.165. The van der Waals surface area contributed by atoms with Gasteiger partial charge < -0.3 is 30.8 Å². The summed E-state index contributed by atoms with van der Waals surface area (Å²) in [6.45, 7) is 9.55. The van der Waals surface area contributed by atoms with Gasteiger partial charge in [0.1, 0.15) is 11.4 Å². The Morgan fingerprint density at radius 2 is 1.46 bits per heavy atom. The summed E-state index contributed by atoms with van der Waals surface area (Å²) in [6.07, 6.45) is 10.7. The van der Waals surface area contributed by atoms with Gasteiger partial charge in [0.25, 0.3) is 5.78 Å². The Labute approximate surface area is 291 Å². The van der Waals surface area contributed by atoms with Crippen molar-refractivity contribution >= 4 is 34.8 Å². The van der Waals surface area contributed by atoms with E-state index in [1.165, 1.54) is 44.2 Å². The van der Waals surface area contributed by atoms with Gasteiger partial charge in [0.15, 0.2) is 17.3 Å². The van der Waals surface area contributed by atoms with Crippen molar-refractivity contribution in [1.29, 1.82) is 0 Å². The number of fused-ring (bicyclic) bond motifs is 18. The number of aromatic hydroxyl groups is 1. The Morgan fingerprint density at radius 3 is 2.14 bits per heavy atom. The molecule has 4 bridgehead atoms. The minimum atomic E-state index is -1.29. The molecule has 50 heavy (non-hydrogen) atoms. The van der Waals surface area contributed by atoms with E-state index in [1.807, 2.05) is 0 Å². The molecule has 6 N–H and O–H groups in total. The van der Waals surface area contributed by atoms with Gasteiger partial charge >= 0.3 is 0 Å². The molecule has 1 aromatic rings. The number of carbonyl (C=O) groups excluding carboxylic acids is 5. The van der Waals surface area contributed by atoms with Crippen LogP contribution < -0.4 is 5.32 Å². The van der Waals surface area contributed by atoms with Crippen LogP contribution in [0.4, 0.5) is 0 Å². The Morgan fingerprint density at radius 1 is 0.780 bits per heavy atom. The molecule has 0 radical (unpaired) electrons. The van der Waals surface area contributed by atoms with Crippen LogP contribution in [0.15, 0.2) is 83.2 Å². The minimum absolute atomic E-state index is 0.0451. The summed E-state index contributed by atoms with van der Waals surface area (Å²) in [5.41, 5.74) is -0.749. The van der Waals surface area contributed by atoms with Gasteiger partial charge in [-0.3, -0.25) is 24.0 Å². The lowest BCUT2D eigenvalue weighted by molar-refractivity contribution is -0.118. The van der Waals surface area contributed by atoms with E-state index in [0.29, 0.717) is 11.1 Å². The van der Waals surface area contributed by atoms with Crippen LogP contribution in [0.1, 0.15) is 85.7 Å². The molecule has 1 amide bonds. The molecule has 2 heterocycles. The second-order valence-corrected chi connectivity index (χ2v) is 12.8. The highest BCUT2D eigenvalue weighted by atomic mass is 16.3. The number of aliphatic hydroxyl groups excluding tert-OH is 4. The molecule has 5 unspecified atom stereocenters. The van der Waals surface area contributed by atoms with Gasteiger partial charge in [0, 0.05) is 29.9 Å². The van der Waals surface area contributed by atoms with Crippen molar-refractivity contribution in [3.63, 3.8) is 0 Å². The van der Waals surface area contributed by atoms with Crippen LogP contribution >= 0.6 is 0 Å². The number of phenols is 1. The van der Waals surface area contributed by atoms with Crippen molar-refractivity contribution in [2.24, 2.45) is 11.8 Å². The second-order valence-electron chi connectivity index (χ2n) is 12.8. The standard InChI is InChI=1S/C39H45NO10/c1-20-10-8-7-9-11-30(44)40-33-37(48)27-19-25(6)36(47)32(31(27)38(49)39(33)50)35(46)24(5)18-23(4)34(45)22(3)13-15-26(41)14-12-21(2)29(43)17-16-28(20)42/h7-13,15,18-19,22-23,26,28,34,41-42,45,47-48H,14,16-17H2,1-6H3,(H,40,44)/b8-7+,11-9+,15-13+,20-10-,21-12+,24-18+. The van der Waals surface area contributed by atoms with Crippen molar-refractivity contribution in [2.75, 3.05) is 0 Å². The van der Waals surface area contributed by atoms with Gasteiger partial charge in [-0.25, -0.2) is 0 Å². The number of rotatable bonds is 0. The number of amides is 1. The molecule has 5 atom stereocenters. The molecule has 4 rings (SSSR count). The number of aryl methyl sites for hydroxylation is 1. The van der Waals surface area contributed by atoms with Crippen LogP contribution in [0.5, 0.6) is 5.75 Å². The van der Waals surface area contributed by atoms with E-state index < -0.39 is 81.7 Å². The normalized spacial score (nSPS) is 30.5. The Kier molecular flexibility index (Phi) is 13.5. The molecule has 11 nitrogen and oxygen atoms in total. The van der Waals surface area contributed by atoms with Crippen LogP contribution in [-0.4, -0.2) is 72.9 Å². The molecular weight excluding hydrogens is 642 g/mol. The molecule has 0 fully saturated rings. The van der Waals surface area contributed by atoms with Gasteiger partial charge in [-0.05, 0) is 68.9 Å². The highest BCUT2D eigenvalue weighted by Gasteiger charge is 2.39. The molecule has 3 aliphatic rings. The number of nitrogens with one attached hydrogen (secondary N) is 1. The van der Waals surface area contributed by atoms with E-state index >= 15 is 0 Å². The largest absolute Gasteiger partial charge is 0.507 e. The maximum atomic E-state index is 13.7. The predicted octanol–water partition coefficient (Wildman–Crippen LogP) is 4.61. The molecule has 0 saturated heterocycles. The topological polar surface area (TPSA) is 199 Å². The number of hydrogen-bond acceptors (Lipinski definition) is 10. The van der Waals surface area contributed by atoms with Gasteiger partial charge in [-0.15, -0.1) is 0 Å². The molecule has 0 aromatic heterocycles. The monoisotopic (exact) mass is 687 g/mol. The Balaban J connectivity index is 2.08. The number of benzene rings is 1. The average molecular weight is 688 g/mol. The van der Waals surface area contributed by atoms with E-state index in [1.54, 1.807) is 52.0 Å². The molecule has 1 aromatic carbocycles. The summed E-state index contributed by atoms with van der Waals surface area (Å²) >= 11 is 0. The fourth-order valence-electron chi connectivity index (χ4n) is 5.57. The van der Waals surface area contributed by atoms with E-state index in [0.717, 1.165) is 6.08 Å². The first-order valence-corrected chi connectivity index (χ1v) is 16.3. The number of allylic oxidation sites excluding steroid dienone is 7. The zero-order valence-corrected chi connectivity index (χ0v) is 29.1. The lowest BCUT2D eigenvalue weighted by atomic mass is 9.82. The molecular formula is C39H45NO10. The Bertz CT molecular complexity index is 1790. The number of Topliss-reactive ketones (excluding diaryl/α,β-unsaturated/α-hetero) is 4. The SMILES string of the molecule is C/C1=C/C=C/C=C/C(=O)NC2=C(O)c3cc(C)c(O)c(c3C(=O)C2=O)C(=O)/C(C)=C/C(C)C(O)C(C)/C=C/C(O)C/C=C(\C)C(=O)CCC1O. The van der Waals surface area contributed by atoms with Crippen LogP contribution in [0, 0.1) is 18.8 Å². The Hall–Kier alpha value is -4.97. The van der Waals surface area contributed by atoms with Crippen LogP contribution in [0.25, 0.3) is 5.76 Å². The van der Waals surface area contributed by atoms with E-state index in [2.05, 4.69) is 5.32 Å². The third-order valence-corrected chi connectivity index (χ3v) is 8.81. The van der Waals surface area contributed by atoms with Crippen LogP contribution in [-0.2, 0) is 14.4 Å². The summed E-state index contributed by atoms with van der Waals surface area (Å²) in [5.74, 6) is -6.78. The minimum Gasteiger partial charge on any atom is -0.507 e. The number of aliphatic hydroxyl groups is 4. The van der Waals surface area contributed by atoms with E-state index in [4.69, 9.17) is 0 Å². The summed E-state index contributed by atoms with van der Waals surface area (Å²) in [7, 11) is 0. The third kappa shape index (κ3) is 9.38. The van der Waals surface area contributed by atoms with Crippen LogP contribution in [0.3, 0.4) is 0 Å². The molecule has 0 spiro atoms. The lowest BCUT2D eigenvalue weighted by Crippen LogP contribution is -2.35. The number of ketones is 4. The van der Waals surface area contributed by atoms with E-state index in [9.17, 15) is 49.5 Å². The lowest BCUT2D eigenvalue weighted by Gasteiger charge is -2.23. The zero-order chi connectivity index (χ0) is 37.4. The van der Waals surface area contributed by atoms with Gasteiger partial charge in [-0.1, -0.05) is 62.5 Å². The fourth-order valence-corrected chi connectivity index (χ4v) is 5.57. The predicted molar refractivity (Wildman–Crippen MR) is 188 cm³/mol. The van der Waals surface area contributed by atoms with Crippen molar-refractivity contribution in [2.45, 2.75) is 79.1 Å². The molecule has 0 saturated carbocycles. The maximum Gasteiger partial charge on any atom is 0.253 e. The maximum absolute atomic E-state index is 13.7. The van der Waals surface area contributed by atoms with Crippen molar-refractivity contribution in [1.82, 2.24) is 5.32 Å². The first-order chi connectivity index (χ1) is 23.5. The van der Waals surface area contributed by atoms with Crippen molar-refractivity contribution < 1.29 is 49.5 Å². The second kappa shape index (κ2) is 17.1. The first-order valence-electron chi connectivity index (χ1n) is 16.3. The molecule has 2 aliphatic heterocycles. The smallest absolute Gasteiger partial charge is 0.253 e. The van der Waals surface area contributed by atoms with Gasteiger partial charge in [0.2, 0.25) is 11.7 Å². The summed E-state index contributed by atoms with van der Waals surface area (Å²) in [6, 6.07) is 1.23. The van der Waals surface area contributed by atoms with Crippen LogP contribution in [0.2, 0.25) is 0 Å². The van der Waals surface area contributed by atoms with Gasteiger partial charge in [-0.2, -0.15) is 0 Å². The fraction of sp³-hybridized carbons (Fsp3) is 0.359. The first kappa shape index (κ1) is 39.5. The zero-order valence-electron chi connectivity index (χ0n) is 29.1. The third-order valence-electron chi connectivity index (χ3n) is 8.81. The highest BCUT2D eigenvalue weighted by molar-refractivity contribution is 6.53. The van der Waals surface area contributed by atoms with Crippen molar-refractivity contribution in [3.8, 4) is 5.75 Å². The molecule has 1 aliphatic carbocycles. The van der Waals surface area contributed by atoms with Crippen molar-refractivity contribution in [3.05, 3.63) is 105 Å². The molecule has 266 valence electrons. The summed E-state index contributed by atoms with van der Waals surface area (Å²) < 4.78 is 0. The molecule has 11 heteroatoms. The highest BCUT2D eigenvalue weighted by Crippen LogP contribution is 2.37.